The van der Waals surface area contributed by atoms with Crippen LogP contribution in [-0.4, -0.2) is 83.1 Å². The number of methoxy groups -OCH3 is 1. The summed E-state index contributed by atoms with van der Waals surface area (Å²) in [6.45, 7) is 1.14. The van der Waals surface area contributed by atoms with Gasteiger partial charge in [0, 0.05) is 42.6 Å². The van der Waals surface area contributed by atoms with Gasteiger partial charge in [0.05, 0.1) is 30.8 Å². The second-order valence-electron chi connectivity index (χ2n) is 8.32. The summed E-state index contributed by atoms with van der Waals surface area (Å²) in [6, 6.07) is 5.60. The molecule has 2 fully saturated rings. The van der Waals surface area contributed by atoms with Gasteiger partial charge in [0.15, 0.2) is 11.4 Å². The third-order valence-electron chi connectivity index (χ3n) is 6.42. The number of ketones is 1. The molecule has 1 aromatic carbocycles. The summed E-state index contributed by atoms with van der Waals surface area (Å²) in [5.74, 6) is -2.52. The first-order chi connectivity index (χ1) is 15.6. The minimum Gasteiger partial charge on any atom is -0.466 e. The molecule has 4 rings (SSSR count). The number of ether oxygens (including phenoxy) is 3. The molecule has 176 valence electrons. The smallest absolute Gasteiger partial charge is 0.336 e. The molecule has 1 aromatic rings. The van der Waals surface area contributed by atoms with E-state index in [9.17, 15) is 29.9 Å². The Bertz CT molecular complexity index is 1080. The average Bonchev–Trinajstić information content (AvgIpc) is 3.35. The molecule has 2 N–H and O–H groups in total. The molecule has 0 spiro atoms. The molecule has 11 heteroatoms. The quantitative estimate of drug-likeness (QED) is 0.359. The number of nitro groups is 1. The minimum absolute atomic E-state index is 0.0534. The van der Waals surface area contributed by atoms with Gasteiger partial charge >= 0.3 is 5.97 Å². The maximum absolute atomic E-state index is 13.9. The Morgan fingerprint density at radius 2 is 2.06 bits per heavy atom. The number of esters is 1. The van der Waals surface area contributed by atoms with Crippen molar-refractivity contribution in [3.8, 4) is 0 Å². The number of fused-ring (bicyclic) bond motifs is 1. The summed E-state index contributed by atoms with van der Waals surface area (Å²) in [5, 5.41) is 32.8. The number of benzene rings is 1. The van der Waals surface area contributed by atoms with Crippen molar-refractivity contribution >= 4 is 17.4 Å². The van der Waals surface area contributed by atoms with Gasteiger partial charge in [-0.2, -0.15) is 0 Å². The number of allylic oxidation sites excluding steroid dienone is 1. The number of nitrogens with zero attached hydrogens (tertiary/aromatic N) is 2. The second kappa shape index (κ2) is 8.34. The third kappa shape index (κ3) is 3.62. The van der Waals surface area contributed by atoms with Gasteiger partial charge in [-0.3, -0.25) is 14.9 Å². The zero-order chi connectivity index (χ0) is 24.1. The summed E-state index contributed by atoms with van der Waals surface area (Å²) in [5.41, 5.74) is -1.47. The van der Waals surface area contributed by atoms with Crippen LogP contribution in [0.2, 0.25) is 0 Å². The predicted octanol–water partition coefficient (Wildman–Crippen LogP) is 0.413. The summed E-state index contributed by atoms with van der Waals surface area (Å²) >= 11 is 0. The van der Waals surface area contributed by atoms with Gasteiger partial charge in [-0.1, -0.05) is 12.1 Å². The van der Waals surface area contributed by atoms with Crippen molar-refractivity contribution in [2.75, 3.05) is 27.4 Å². The molecule has 11 nitrogen and oxygen atoms in total. The molecule has 1 unspecified atom stereocenters. The number of Topliss-reactive ketones (excluding diaryl/α,β-unsaturated/α-hetero) is 1. The van der Waals surface area contributed by atoms with Crippen molar-refractivity contribution < 1.29 is 38.9 Å². The molecule has 2 saturated heterocycles. The van der Waals surface area contributed by atoms with E-state index < -0.39 is 53.1 Å². The fourth-order valence-electron chi connectivity index (χ4n) is 4.62. The number of aliphatic hydroxyl groups is 2. The highest BCUT2D eigenvalue weighted by molar-refractivity contribution is 6.07. The highest BCUT2D eigenvalue weighted by atomic mass is 16.6. The van der Waals surface area contributed by atoms with Crippen molar-refractivity contribution in [1.29, 1.82) is 0 Å². The second-order valence-corrected chi connectivity index (χ2v) is 8.32. The van der Waals surface area contributed by atoms with Gasteiger partial charge in [0.2, 0.25) is 0 Å². The maximum atomic E-state index is 13.9. The van der Waals surface area contributed by atoms with E-state index in [1.807, 2.05) is 0 Å². The van der Waals surface area contributed by atoms with Crippen molar-refractivity contribution in [3.63, 3.8) is 0 Å². The molecule has 3 heterocycles. The SMILES string of the molecule is COC(=O)C1=CN(C)C(C)=C(C(=O)[C@@]2(O)CO[C@@H]3[C@@H](O)CO[C@@H]32)C1c1cccc([N+](=O)[O-])c1. The normalized spacial score (nSPS) is 31.3. The lowest BCUT2D eigenvalue weighted by Crippen LogP contribution is -2.52. The van der Waals surface area contributed by atoms with E-state index in [-0.39, 0.29) is 23.4 Å². The van der Waals surface area contributed by atoms with Crippen molar-refractivity contribution in [3.05, 3.63) is 63.0 Å². The molecule has 0 saturated carbocycles. The lowest BCUT2D eigenvalue weighted by molar-refractivity contribution is -0.384. The Morgan fingerprint density at radius 1 is 1.33 bits per heavy atom. The molecule has 0 radical (unpaired) electrons. The Labute approximate surface area is 189 Å². The first kappa shape index (κ1) is 23.1. The van der Waals surface area contributed by atoms with E-state index in [1.165, 1.54) is 31.5 Å². The topological polar surface area (TPSA) is 149 Å². The van der Waals surface area contributed by atoms with Crippen LogP contribution in [0.5, 0.6) is 0 Å². The highest BCUT2D eigenvalue weighted by Crippen LogP contribution is 2.44. The van der Waals surface area contributed by atoms with Crippen LogP contribution in [0.1, 0.15) is 18.4 Å². The number of carbonyl (C=O) groups is 2. The van der Waals surface area contributed by atoms with Gasteiger partial charge in [-0.05, 0) is 12.5 Å². The van der Waals surface area contributed by atoms with Crippen LogP contribution in [0, 0.1) is 10.1 Å². The maximum Gasteiger partial charge on any atom is 0.336 e. The van der Waals surface area contributed by atoms with Crippen molar-refractivity contribution in [1.82, 2.24) is 4.90 Å². The molecule has 0 amide bonds. The molecule has 3 aliphatic rings. The lowest BCUT2D eigenvalue weighted by Gasteiger charge is -2.36. The zero-order valence-electron chi connectivity index (χ0n) is 18.3. The van der Waals surface area contributed by atoms with Crippen LogP contribution in [-0.2, 0) is 23.8 Å². The number of hydrogen-bond donors (Lipinski definition) is 2. The number of hydrogen-bond acceptors (Lipinski definition) is 10. The van der Waals surface area contributed by atoms with E-state index in [4.69, 9.17) is 14.2 Å². The van der Waals surface area contributed by atoms with Crippen LogP contribution in [0.15, 0.2) is 47.3 Å². The Morgan fingerprint density at radius 3 is 2.73 bits per heavy atom. The monoisotopic (exact) mass is 460 g/mol. The van der Waals surface area contributed by atoms with E-state index in [2.05, 4.69) is 0 Å². The molecular weight excluding hydrogens is 436 g/mol. The number of nitro benzene ring substituents is 1. The molecule has 0 aromatic heterocycles. The summed E-state index contributed by atoms with van der Waals surface area (Å²) in [6.07, 6.45) is -1.45. The Kier molecular flexibility index (Phi) is 5.83. The zero-order valence-corrected chi connectivity index (χ0v) is 18.3. The van der Waals surface area contributed by atoms with Gasteiger partial charge in [0.25, 0.3) is 5.69 Å². The van der Waals surface area contributed by atoms with Crippen molar-refractivity contribution in [2.24, 2.45) is 0 Å². The molecule has 5 atom stereocenters. The largest absolute Gasteiger partial charge is 0.466 e. The molecule has 3 aliphatic heterocycles. The molecule has 33 heavy (non-hydrogen) atoms. The number of aliphatic hydroxyl groups excluding tert-OH is 1. The molecule has 0 aliphatic carbocycles. The van der Waals surface area contributed by atoms with Gasteiger partial charge in [-0.15, -0.1) is 0 Å². The molecule has 0 bridgehead atoms. The van der Waals surface area contributed by atoms with E-state index in [0.717, 1.165) is 0 Å². The summed E-state index contributed by atoms with van der Waals surface area (Å²) in [7, 11) is 2.82. The minimum atomic E-state index is -2.11. The van der Waals surface area contributed by atoms with Crippen LogP contribution in [0.3, 0.4) is 0 Å². The van der Waals surface area contributed by atoms with E-state index in [0.29, 0.717) is 11.3 Å². The summed E-state index contributed by atoms with van der Waals surface area (Å²) in [4.78, 5) is 38.9. The lowest BCUT2D eigenvalue weighted by atomic mass is 9.75. The fraction of sp³-hybridized carbons (Fsp3) is 0.455. The Hall–Kier alpha value is -3.12. The van der Waals surface area contributed by atoms with Crippen LogP contribution < -0.4 is 0 Å². The third-order valence-corrected chi connectivity index (χ3v) is 6.42. The van der Waals surface area contributed by atoms with Gasteiger partial charge in [0.1, 0.15) is 18.3 Å². The van der Waals surface area contributed by atoms with Gasteiger partial charge < -0.3 is 29.3 Å². The summed E-state index contributed by atoms with van der Waals surface area (Å²) < 4.78 is 15.9. The number of carbonyl (C=O) groups excluding carboxylic acids is 2. The van der Waals surface area contributed by atoms with Crippen molar-refractivity contribution in [2.45, 2.75) is 36.8 Å². The average molecular weight is 460 g/mol. The number of non-ortho nitro benzene ring substituents is 1. The number of rotatable bonds is 5. The highest BCUT2D eigenvalue weighted by Gasteiger charge is 2.61. The fourth-order valence-corrected chi connectivity index (χ4v) is 4.62. The van der Waals surface area contributed by atoms with Gasteiger partial charge in [-0.25, -0.2) is 4.79 Å². The van der Waals surface area contributed by atoms with E-state index in [1.54, 1.807) is 24.9 Å². The van der Waals surface area contributed by atoms with Crippen LogP contribution in [0.4, 0.5) is 5.69 Å². The first-order valence-corrected chi connectivity index (χ1v) is 10.3. The molecular formula is C22H24N2O9. The predicted molar refractivity (Wildman–Crippen MR) is 112 cm³/mol. The standard InChI is InChI=1S/C22H24N2O9/c1-11-16(19(26)22(28)10-33-18-15(25)9-32-20(18)22)17(14(8-23(11)2)21(27)31-3)12-5-4-6-13(7-12)24(29)30/h4-8,15,17-18,20,25,28H,9-10H2,1-3H3/t15-,17?,18+,20-,22-/m0/s1. The van der Waals surface area contributed by atoms with Crippen LogP contribution >= 0.6 is 0 Å². The Balaban J connectivity index is 1.86. The van der Waals surface area contributed by atoms with E-state index >= 15 is 0 Å². The first-order valence-electron chi connectivity index (χ1n) is 10.3. The van der Waals surface area contributed by atoms with Crippen LogP contribution in [0.25, 0.3) is 0 Å².